The molecule has 0 radical (unpaired) electrons. The Morgan fingerprint density at radius 2 is 1.88 bits per heavy atom. The average Bonchev–Trinajstić information content (AvgIpc) is 2.35. The Balaban J connectivity index is 0.00000256. The van der Waals surface area contributed by atoms with E-state index in [0.29, 0.717) is 6.04 Å². The maximum atomic E-state index is 9.05. The molecule has 1 aromatic carbocycles. The summed E-state index contributed by atoms with van der Waals surface area (Å²) in [5, 5.41) is 9.05. The SMILES string of the molecule is C/C=C/C=C/[C-](C#N)N(C)c1ccccc1.[Li+]. The first-order chi connectivity index (χ1) is 7.79. The molecule has 0 aromatic heterocycles. The molecule has 0 saturated carbocycles. The van der Waals surface area contributed by atoms with Gasteiger partial charge in [-0.15, -0.1) is 12.2 Å². The van der Waals surface area contributed by atoms with E-state index in [1.54, 1.807) is 6.08 Å². The molecule has 0 atom stereocenters. The Labute approximate surface area is 115 Å². The van der Waals surface area contributed by atoms with E-state index in [0.717, 1.165) is 5.69 Å². The molecule has 3 heteroatoms. The summed E-state index contributed by atoms with van der Waals surface area (Å²) in [4.78, 5) is 1.86. The van der Waals surface area contributed by atoms with Crippen LogP contribution in [0.25, 0.3) is 0 Å². The molecule has 0 bridgehead atoms. The number of allylic oxidation sites excluding steroid dienone is 3. The first-order valence-corrected chi connectivity index (χ1v) is 5.14. The zero-order chi connectivity index (χ0) is 11.8. The summed E-state index contributed by atoms with van der Waals surface area (Å²) in [6.07, 6.45) is 7.48. The number of nitrogens with zero attached hydrogens (tertiary/aromatic N) is 2. The minimum absolute atomic E-state index is 0. The van der Waals surface area contributed by atoms with E-state index in [1.807, 2.05) is 67.4 Å². The van der Waals surface area contributed by atoms with Gasteiger partial charge in [0.1, 0.15) is 0 Å². The molecule has 0 aliphatic carbocycles. The summed E-state index contributed by atoms with van der Waals surface area (Å²) >= 11 is 0. The first-order valence-electron chi connectivity index (χ1n) is 5.14. The molecule has 2 nitrogen and oxygen atoms in total. The van der Waals surface area contributed by atoms with E-state index in [-0.39, 0.29) is 18.9 Å². The van der Waals surface area contributed by atoms with Gasteiger partial charge in [0.2, 0.25) is 0 Å². The van der Waals surface area contributed by atoms with Crippen molar-refractivity contribution in [2.24, 2.45) is 0 Å². The summed E-state index contributed by atoms with van der Waals surface area (Å²) in [6, 6.07) is 12.6. The second-order valence-electron chi connectivity index (χ2n) is 3.28. The van der Waals surface area contributed by atoms with Crippen LogP contribution in [0.15, 0.2) is 54.6 Å². The van der Waals surface area contributed by atoms with E-state index in [9.17, 15) is 0 Å². The van der Waals surface area contributed by atoms with Crippen molar-refractivity contribution in [2.45, 2.75) is 6.92 Å². The van der Waals surface area contributed by atoms with Gasteiger partial charge in [-0.2, -0.15) is 6.08 Å². The third-order valence-electron chi connectivity index (χ3n) is 2.18. The molecule has 0 fully saturated rings. The summed E-state index contributed by atoms with van der Waals surface area (Å²) in [5.74, 6) is 0. The van der Waals surface area contributed by atoms with E-state index >= 15 is 0 Å². The van der Waals surface area contributed by atoms with Crippen LogP contribution in [0.3, 0.4) is 0 Å². The number of hydrogen-bond donors (Lipinski definition) is 0. The van der Waals surface area contributed by atoms with Gasteiger partial charge in [-0.1, -0.05) is 18.2 Å². The Bertz CT molecular complexity index is 404. The summed E-state index contributed by atoms with van der Waals surface area (Å²) < 4.78 is 0. The molecule has 1 aromatic rings. The van der Waals surface area contributed by atoms with Crippen LogP contribution < -0.4 is 23.8 Å². The summed E-state index contributed by atoms with van der Waals surface area (Å²) in [5.41, 5.74) is 1.00. The minimum atomic E-state index is 0. The Kier molecular flexibility index (Phi) is 7.81. The maximum Gasteiger partial charge on any atom is 1.00 e. The topological polar surface area (TPSA) is 27.0 Å². The standard InChI is InChI=1S/C14H15N2.Li/c1-3-4-6-11-14(12-15)16(2)13-9-7-5-8-10-13;/h3-11H,1-2H3;/q-1;+1/b4-3+,11-6+;. The van der Waals surface area contributed by atoms with E-state index < -0.39 is 0 Å². The molecule has 82 valence electrons. The molecule has 0 amide bonds. The minimum Gasteiger partial charge on any atom is -0.414 e. The largest absolute Gasteiger partial charge is 1.00 e. The van der Waals surface area contributed by atoms with Gasteiger partial charge in [-0.3, -0.25) is 0 Å². The summed E-state index contributed by atoms with van der Waals surface area (Å²) in [6.45, 7) is 1.94. The third kappa shape index (κ3) is 4.87. The van der Waals surface area contributed by atoms with Crippen LogP contribution >= 0.6 is 0 Å². The molecular weight excluding hydrogens is 203 g/mol. The smallest absolute Gasteiger partial charge is 0.414 e. The van der Waals surface area contributed by atoms with Crippen LogP contribution in [-0.2, 0) is 0 Å². The molecule has 1 rings (SSSR count). The Morgan fingerprint density at radius 3 is 2.41 bits per heavy atom. The monoisotopic (exact) mass is 218 g/mol. The second kappa shape index (κ2) is 8.59. The summed E-state index contributed by atoms with van der Waals surface area (Å²) in [7, 11) is 1.88. The Morgan fingerprint density at radius 1 is 1.24 bits per heavy atom. The zero-order valence-electron chi connectivity index (χ0n) is 10.6. The van der Waals surface area contributed by atoms with Gasteiger partial charge in [0.15, 0.2) is 0 Å². The number of anilines is 1. The molecule has 0 N–H and O–H groups in total. The van der Waals surface area contributed by atoms with Crippen LogP contribution in [0.2, 0.25) is 0 Å². The molecule has 0 aliphatic rings. The molecule has 17 heavy (non-hydrogen) atoms. The second-order valence-corrected chi connectivity index (χ2v) is 3.28. The van der Waals surface area contributed by atoms with Crippen molar-refractivity contribution in [1.82, 2.24) is 0 Å². The predicted molar refractivity (Wildman–Crippen MR) is 67.7 cm³/mol. The number of likely N-dealkylation sites (N-methyl/N-ethyl adjacent to an activating group) is 1. The van der Waals surface area contributed by atoms with Gasteiger partial charge in [0.05, 0.1) is 0 Å². The van der Waals surface area contributed by atoms with Gasteiger partial charge < -0.3 is 4.90 Å². The van der Waals surface area contributed by atoms with Crippen molar-refractivity contribution in [1.29, 1.82) is 5.26 Å². The number of hydrogen-bond acceptors (Lipinski definition) is 2. The van der Waals surface area contributed by atoms with Crippen molar-refractivity contribution < 1.29 is 18.9 Å². The molecule has 0 spiro atoms. The number of benzene rings is 1. The zero-order valence-corrected chi connectivity index (χ0v) is 10.6. The van der Waals surface area contributed by atoms with Crippen molar-refractivity contribution in [3.8, 4) is 6.07 Å². The predicted octanol–water partition coefficient (Wildman–Crippen LogP) is 0.315. The van der Waals surface area contributed by atoms with Gasteiger partial charge in [-0.05, 0) is 32.1 Å². The van der Waals surface area contributed by atoms with Crippen LogP contribution in [0, 0.1) is 17.4 Å². The average molecular weight is 218 g/mol. The van der Waals surface area contributed by atoms with E-state index in [1.165, 1.54) is 0 Å². The van der Waals surface area contributed by atoms with Crippen molar-refractivity contribution in [3.05, 3.63) is 60.7 Å². The fourth-order valence-electron chi connectivity index (χ4n) is 1.27. The van der Waals surface area contributed by atoms with E-state index in [4.69, 9.17) is 5.26 Å². The molecule has 0 aliphatic heterocycles. The molecule has 0 saturated heterocycles. The van der Waals surface area contributed by atoms with Crippen LogP contribution in [0.1, 0.15) is 6.92 Å². The van der Waals surface area contributed by atoms with Gasteiger partial charge in [0, 0.05) is 11.8 Å². The van der Waals surface area contributed by atoms with Crippen LogP contribution in [-0.4, -0.2) is 7.05 Å². The molecular formula is C14H15LiN2. The van der Waals surface area contributed by atoms with Crippen molar-refractivity contribution in [2.75, 3.05) is 11.9 Å². The number of para-hydroxylation sites is 1. The van der Waals surface area contributed by atoms with Crippen molar-refractivity contribution >= 4 is 5.69 Å². The Hall–Kier alpha value is -1.54. The van der Waals surface area contributed by atoms with Gasteiger partial charge >= 0.3 is 18.9 Å². The third-order valence-corrected chi connectivity index (χ3v) is 2.18. The first kappa shape index (κ1) is 15.5. The van der Waals surface area contributed by atoms with Crippen molar-refractivity contribution in [3.63, 3.8) is 0 Å². The number of rotatable bonds is 4. The van der Waals surface area contributed by atoms with Gasteiger partial charge in [0.25, 0.3) is 0 Å². The van der Waals surface area contributed by atoms with E-state index in [2.05, 4.69) is 6.07 Å². The van der Waals surface area contributed by atoms with Gasteiger partial charge in [-0.25, -0.2) is 11.3 Å². The normalized spacial score (nSPS) is 9.94. The van der Waals surface area contributed by atoms with Crippen LogP contribution in [0.4, 0.5) is 5.69 Å². The number of nitriles is 1. The van der Waals surface area contributed by atoms with Crippen LogP contribution in [0.5, 0.6) is 0 Å². The molecule has 0 unspecified atom stereocenters. The quantitative estimate of drug-likeness (QED) is 0.413. The fourth-order valence-corrected chi connectivity index (χ4v) is 1.27. The molecule has 0 heterocycles. The maximum absolute atomic E-state index is 9.05. The fraction of sp³-hybridized carbons (Fsp3) is 0.143.